The van der Waals surface area contributed by atoms with Crippen LogP contribution in [0.25, 0.3) is 11.3 Å². The molecule has 2 aromatic rings. The van der Waals surface area contributed by atoms with E-state index in [2.05, 4.69) is 16.5 Å². The van der Waals surface area contributed by atoms with Crippen molar-refractivity contribution in [1.82, 2.24) is 9.59 Å². The zero-order chi connectivity index (χ0) is 11.5. The van der Waals surface area contributed by atoms with Crippen LogP contribution in [0, 0.1) is 0 Å². The zero-order valence-electron chi connectivity index (χ0n) is 8.67. The molecule has 0 spiro atoms. The number of aryl methyl sites for hydroxylation is 1. The van der Waals surface area contributed by atoms with Crippen molar-refractivity contribution in [2.45, 2.75) is 13.3 Å². The van der Waals surface area contributed by atoms with Crippen LogP contribution in [0.3, 0.4) is 0 Å². The molecule has 0 saturated heterocycles. The van der Waals surface area contributed by atoms with Crippen molar-refractivity contribution in [3.63, 3.8) is 0 Å². The molecule has 1 aromatic heterocycles. The maximum Gasteiger partial charge on any atom is 0.349 e. The number of carbonyl (C=O) groups is 1. The van der Waals surface area contributed by atoms with Crippen LogP contribution in [0.15, 0.2) is 24.3 Å². The Balaban J connectivity index is 2.42. The van der Waals surface area contributed by atoms with Crippen LogP contribution in [0.1, 0.15) is 22.2 Å². The molecule has 0 aliphatic heterocycles. The Morgan fingerprint density at radius 3 is 2.62 bits per heavy atom. The lowest BCUT2D eigenvalue weighted by Crippen LogP contribution is -1.95. The molecule has 0 aliphatic carbocycles. The predicted molar refractivity (Wildman–Crippen MR) is 61.7 cm³/mol. The molecule has 0 amide bonds. The van der Waals surface area contributed by atoms with Crippen LogP contribution in [-0.2, 0) is 6.42 Å². The number of aromatic nitrogens is 2. The summed E-state index contributed by atoms with van der Waals surface area (Å²) in [6, 6.07) is 7.70. The van der Waals surface area contributed by atoms with Crippen molar-refractivity contribution in [3.05, 3.63) is 34.7 Å². The van der Waals surface area contributed by atoms with Gasteiger partial charge in [0.15, 0.2) is 4.88 Å². The fraction of sp³-hybridized carbons (Fsp3) is 0.182. The number of hydrogen-bond acceptors (Lipinski definition) is 4. The average Bonchev–Trinajstić information content (AvgIpc) is 2.78. The molecule has 0 bridgehead atoms. The van der Waals surface area contributed by atoms with E-state index in [-0.39, 0.29) is 4.88 Å². The first-order chi connectivity index (χ1) is 7.72. The molecular weight excluding hydrogens is 224 g/mol. The quantitative estimate of drug-likeness (QED) is 0.886. The molecule has 0 atom stereocenters. The Labute approximate surface area is 96.7 Å². The zero-order valence-corrected chi connectivity index (χ0v) is 9.49. The largest absolute Gasteiger partial charge is 0.477 e. The SMILES string of the molecule is CCc1ccc(-c2nnsc2C(=O)O)cc1. The van der Waals surface area contributed by atoms with Crippen LogP contribution in [0.4, 0.5) is 0 Å². The highest BCUT2D eigenvalue weighted by Crippen LogP contribution is 2.24. The van der Waals surface area contributed by atoms with Gasteiger partial charge in [0.25, 0.3) is 0 Å². The van der Waals surface area contributed by atoms with E-state index < -0.39 is 5.97 Å². The molecule has 0 unspecified atom stereocenters. The summed E-state index contributed by atoms with van der Waals surface area (Å²) in [4.78, 5) is 11.1. The minimum atomic E-state index is -0.982. The third-order valence-electron chi connectivity index (χ3n) is 2.32. The molecule has 0 saturated carbocycles. The minimum absolute atomic E-state index is 0.184. The van der Waals surface area contributed by atoms with Gasteiger partial charge in [0.1, 0.15) is 5.69 Å². The van der Waals surface area contributed by atoms with Gasteiger partial charge in [-0.05, 0) is 23.5 Å². The predicted octanol–water partition coefficient (Wildman–Crippen LogP) is 2.47. The number of nitrogens with zero attached hydrogens (tertiary/aromatic N) is 2. The van der Waals surface area contributed by atoms with Crippen molar-refractivity contribution < 1.29 is 9.90 Å². The lowest BCUT2D eigenvalue weighted by molar-refractivity contribution is 0.0702. The van der Waals surface area contributed by atoms with Crippen LogP contribution >= 0.6 is 11.5 Å². The molecular formula is C11H10N2O2S. The highest BCUT2D eigenvalue weighted by Gasteiger charge is 2.16. The molecule has 1 heterocycles. The van der Waals surface area contributed by atoms with E-state index in [0.717, 1.165) is 23.5 Å². The summed E-state index contributed by atoms with van der Waals surface area (Å²) >= 11 is 0.902. The van der Waals surface area contributed by atoms with Gasteiger partial charge in [0.05, 0.1) is 0 Å². The van der Waals surface area contributed by atoms with Crippen LogP contribution in [0.2, 0.25) is 0 Å². The van der Waals surface area contributed by atoms with Crippen molar-refractivity contribution in [2.75, 3.05) is 0 Å². The van der Waals surface area contributed by atoms with Crippen molar-refractivity contribution in [2.24, 2.45) is 0 Å². The lowest BCUT2D eigenvalue weighted by Gasteiger charge is -1.99. The summed E-state index contributed by atoms with van der Waals surface area (Å²) in [5.74, 6) is -0.982. The summed E-state index contributed by atoms with van der Waals surface area (Å²) in [6.45, 7) is 2.07. The molecule has 0 radical (unpaired) electrons. The van der Waals surface area contributed by atoms with E-state index in [1.54, 1.807) is 0 Å². The van der Waals surface area contributed by atoms with E-state index in [4.69, 9.17) is 5.11 Å². The Morgan fingerprint density at radius 1 is 1.38 bits per heavy atom. The monoisotopic (exact) mass is 234 g/mol. The molecule has 1 aromatic carbocycles. The number of rotatable bonds is 3. The molecule has 82 valence electrons. The Bertz CT molecular complexity index is 505. The molecule has 4 nitrogen and oxygen atoms in total. The van der Waals surface area contributed by atoms with Gasteiger partial charge >= 0.3 is 5.97 Å². The van der Waals surface area contributed by atoms with Crippen LogP contribution in [-0.4, -0.2) is 20.7 Å². The number of hydrogen-bond donors (Lipinski definition) is 1. The number of carboxylic acid groups (broad SMARTS) is 1. The summed E-state index contributed by atoms with van der Waals surface area (Å²) in [7, 11) is 0. The van der Waals surface area contributed by atoms with Crippen LogP contribution < -0.4 is 0 Å². The smallest absolute Gasteiger partial charge is 0.349 e. The first-order valence-electron chi connectivity index (χ1n) is 4.87. The van der Waals surface area contributed by atoms with Gasteiger partial charge < -0.3 is 5.11 Å². The van der Waals surface area contributed by atoms with Gasteiger partial charge in [-0.25, -0.2) is 4.79 Å². The summed E-state index contributed by atoms with van der Waals surface area (Å²) in [5.41, 5.74) is 2.45. The fourth-order valence-electron chi connectivity index (χ4n) is 1.42. The van der Waals surface area contributed by atoms with E-state index >= 15 is 0 Å². The molecule has 0 aliphatic rings. The number of carboxylic acids is 1. The third kappa shape index (κ3) is 1.94. The van der Waals surface area contributed by atoms with E-state index in [1.165, 1.54) is 5.56 Å². The first kappa shape index (κ1) is 10.8. The van der Waals surface area contributed by atoms with E-state index in [9.17, 15) is 4.79 Å². The van der Waals surface area contributed by atoms with Gasteiger partial charge in [0.2, 0.25) is 0 Å². The second-order valence-corrected chi connectivity index (χ2v) is 4.06. The second-order valence-electron chi connectivity index (χ2n) is 3.31. The highest BCUT2D eigenvalue weighted by molar-refractivity contribution is 7.08. The average molecular weight is 234 g/mol. The van der Waals surface area contributed by atoms with Crippen LogP contribution in [0.5, 0.6) is 0 Å². The lowest BCUT2D eigenvalue weighted by atomic mass is 10.1. The van der Waals surface area contributed by atoms with Gasteiger partial charge in [-0.1, -0.05) is 35.7 Å². The van der Waals surface area contributed by atoms with Crippen molar-refractivity contribution in [3.8, 4) is 11.3 Å². The van der Waals surface area contributed by atoms with Crippen molar-refractivity contribution in [1.29, 1.82) is 0 Å². The molecule has 5 heteroatoms. The van der Waals surface area contributed by atoms with Gasteiger partial charge in [0, 0.05) is 5.56 Å². The fourth-order valence-corrected chi connectivity index (χ4v) is 1.95. The summed E-state index contributed by atoms with van der Waals surface area (Å²) < 4.78 is 3.67. The highest BCUT2D eigenvalue weighted by atomic mass is 32.1. The molecule has 0 fully saturated rings. The third-order valence-corrected chi connectivity index (χ3v) is 3.03. The standard InChI is InChI=1S/C11H10N2O2S/c1-2-7-3-5-8(6-4-7)9-10(11(14)15)16-13-12-9/h3-6H,2H2,1H3,(H,14,15). The maximum atomic E-state index is 10.9. The van der Waals surface area contributed by atoms with Gasteiger partial charge in [-0.2, -0.15) is 0 Å². The topological polar surface area (TPSA) is 63.1 Å². The maximum absolute atomic E-state index is 10.9. The summed E-state index contributed by atoms with van der Waals surface area (Å²) in [5, 5.41) is 12.8. The molecule has 2 rings (SSSR count). The van der Waals surface area contributed by atoms with E-state index in [0.29, 0.717) is 5.69 Å². The Morgan fingerprint density at radius 2 is 2.06 bits per heavy atom. The minimum Gasteiger partial charge on any atom is -0.477 e. The number of aromatic carboxylic acids is 1. The van der Waals surface area contributed by atoms with E-state index in [1.807, 2.05) is 24.3 Å². The van der Waals surface area contributed by atoms with Gasteiger partial charge in [-0.3, -0.25) is 0 Å². The molecule has 16 heavy (non-hydrogen) atoms. The number of benzene rings is 1. The van der Waals surface area contributed by atoms with Crippen molar-refractivity contribution >= 4 is 17.5 Å². The Hall–Kier alpha value is -1.75. The summed E-state index contributed by atoms with van der Waals surface area (Å²) in [6.07, 6.45) is 0.960. The second kappa shape index (κ2) is 4.40. The molecule has 1 N–H and O–H groups in total. The Kier molecular flexibility index (Phi) is 2.96. The van der Waals surface area contributed by atoms with Gasteiger partial charge in [-0.15, -0.1) is 5.10 Å². The first-order valence-corrected chi connectivity index (χ1v) is 5.64. The normalized spacial score (nSPS) is 10.3.